The fourth-order valence-electron chi connectivity index (χ4n) is 3.98. The number of rotatable bonds is 8. The average molecular weight is 345 g/mol. The molecule has 25 heavy (non-hydrogen) atoms. The third-order valence-electron chi connectivity index (χ3n) is 5.51. The molecule has 2 unspecified atom stereocenters. The lowest BCUT2D eigenvalue weighted by Crippen LogP contribution is -2.45. The topological polar surface area (TPSA) is 54.6 Å². The zero-order valence-corrected chi connectivity index (χ0v) is 15.5. The summed E-state index contributed by atoms with van der Waals surface area (Å²) in [7, 11) is 0. The average Bonchev–Trinajstić information content (AvgIpc) is 2.97. The Bertz CT molecular complexity index is 718. The monoisotopic (exact) mass is 345 g/mol. The molecule has 0 amide bonds. The number of nitrogens with one attached hydrogen (secondary N) is 1. The largest absolute Gasteiger partial charge is 0.350 e. The molecule has 2 aromatic heterocycles. The number of hydrogen-bond acceptors (Lipinski definition) is 4. The molecule has 138 valence electrons. The van der Waals surface area contributed by atoms with Crippen molar-refractivity contribution in [2.45, 2.75) is 52.1 Å². The van der Waals surface area contributed by atoms with Gasteiger partial charge in [0.1, 0.15) is 0 Å². The number of aromatic nitrogens is 3. The van der Waals surface area contributed by atoms with Crippen LogP contribution in [0.15, 0.2) is 29.2 Å². The van der Waals surface area contributed by atoms with Crippen LogP contribution in [-0.2, 0) is 6.54 Å². The molecule has 1 fully saturated rings. The molecule has 2 atom stereocenters. The fraction of sp³-hybridized carbons (Fsp3) is 0.684. The third-order valence-corrected chi connectivity index (χ3v) is 5.51. The second kappa shape index (κ2) is 8.63. The molecule has 3 rings (SSSR count). The van der Waals surface area contributed by atoms with E-state index in [1.54, 1.807) is 15.3 Å². The highest BCUT2D eigenvalue weighted by molar-refractivity contribution is 5.35. The molecule has 6 heteroatoms. The van der Waals surface area contributed by atoms with Gasteiger partial charge in [0.2, 0.25) is 0 Å². The van der Waals surface area contributed by atoms with Crippen LogP contribution in [0.2, 0.25) is 0 Å². The summed E-state index contributed by atoms with van der Waals surface area (Å²) in [6.07, 6.45) is 6.97. The molecule has 0 saturated heterocycles. The predicted octanol–water partition coefficient (Wildman–Crippen LogP) is 1.99. The van der Waals surface area contributed by atoms with E-state index in [0.717, 1.165) is 19.6 Å². The van der Waals surface area contributed by atoms with Gasteiger partial charge >= 0.3 is 5.69 Å². The first kappa shape index (κ1) is 18.1. The van der Waals surface area contributed by atoms with E-state index < -0.39 is 0 Å². The lowest BCUT2D eigenvalue weighted by molar-refractivity contribution is 0.176. The minimum atomic E-state index is -0.0549. The van der Waals surface area contributed by atoms with Gasteiger partial charge in [-0.15, -0.1) is 5.10 Å². The lowest BCUT2D eigenvalue weighted by atomic mass is 9.84. The van der Waals surface area contributed by atoms with Crippen LogP contribution in [0, 0.1) is 5.92 Å². The Morgan fingerprint density at radius 3 is 2.80 bits per heavy atom. The number of pyridine rings is 1. The van der Waals surface area contributed by atoms with E-state index in [0.29, 0.717) is 24.2 Å². The first-order valence-electron chi connectivity index (χ1n) is 9.72. The van der Waals surface area contributed by atoms with E-state index in [4.69, 9.17) is 0 Å². The normalized spacial score (nSPS) is 21.2. The van der Waals surface area contributed by atoms with E-state index in [9.17, 15) is 4.79 Å². The van der Waals surface area contributed by atoms with E-state index >= 15 is 0 Å². The minimum Gasteiger partial charge on any atom is -0.312 e. The maximum Gasteiger partial charge on any atom is 0.350 e. The Hall–Kier alpha value is -1.66. The van der Waals surface area contributed by atoms with Gasteiger partial charge in [0.05, 0.1) is 6.54 Å². The summed E-state index contributed by atoms with van der Waals surface area (Å²) >= 11 is 0. The van der Waals surface area contributed by atoms with Gasteiger partial charge in [-0.2, -0.15) is 0 Å². The van der Waals surface area contributed by atoms with Gasteiger partial charge in [-0.1, -0.05) is 32.8 Å². The van der Waals surface area contributed by atoms with Crippen molar-refractivity contribution >= 4 is 5.65 Å². The Morgan fingerprint density at radius 2 is 2.04 bits per heavy atom. The van der Waals surface area contributed by atoms with Crippen molar-refractivity contribution in [2.24, 2.45) is 5.92 Å². The molecule has 1 saturated carbocycles. The number of nitrogens with zero attached hydrogens (tertiary/aromatic N) is 4. The highest BCUT2D eigenvalue weighted by atomic mass is 16.2. The molecule has 0 bridgehead atoms. The fourth-order valence-corrected chi connectivity index (χ4v) is 3.98. The van der Waals surface area contributed by atoms with Crippen LogP contribution in [0.5, 0.6) is 0 Å². The Kier molecular flexibility index (Phi) is 6.26. The van der Waals surface area contributed by atoms with Gasteiger partial charge in [0.15, 0.2) is 5.65 Å². The predicted molar refractivity (Wildman–Crippen MR) is 101 cm³/mol. The summed E-state index contributed by atoms with van der Waals surface area (Å²) in [6.45, 7) is 9.32. The summed E-state index contributed by atoms with van der Waals surface area (Å²) < 4.78 is 3.17. The van der Waals surface area contributed by atoms with Gasteiger partial charge in [-0.3, -0.25) is 4.40 Å². The molecule has 1 N–H and O–H groups in total. The van der Waals surface area contributed by atoms with Crippen LogP contribution >= 0.6 is 0 Å². The Morgan fingerprint density at radius 1 is 1.24 bits per heavy atom. The summed E-state index contributed by atoms with van der Waals surface area (Å²) in [5, 5.41) is 8.12. The van der Waals surface area contributed by atoms with Crippen molar-refractivity contribution in [1.29, 1.82) is 0 Å². The van der Waals surface area contributed by atoms with Crippen molar-refractivity contribution in [1.82, 2.24) is 24.4 Å². The molecule has 0 aliphatic heterocycles. The second-order valence-electron chi connectivity index (χ2n) is 7.03. The van der Waals surface area contributed by atoms with Crippen LogP contribution < -0.4 is 11.0 Å². The molecule has 1 aliphatic rings. The molecule has 0 spiro atoms. The zero-order valence-electron chi connectivity index (χ0n) is 15.5. The molecular weight excluding hydrogens is 314 g/mol. The maximum absolute atomic E-state index is 12.3. The molecule has 6 nitrogen and oxygen atoms in total. The van der Waals surface area contributed by atoms with Gasteiger partial charge in [-0.25, -0.2) is 9.48 Å². The van der Waals surface area contributed by atoms with Crippen LogP contribution in [-0.4, -0.2) is 51.3 Å². The third kappa shape index (κ3) is 4.30. The Balaban J connectivity index is 1.57. The maximum atomic E-state index is 12.3. The quantitative estimate of drug-likeness (QED) is 0.795. The van der Waals surface area contributed by atoms with Crippen LogP contribution in [0.4, 0.5) is 0 Å². The van der Waals surface area contributed by atoms with Crippen LogP contribution in [0.25, 0.3) is 5.65 Å². The van der Waals surface area contributed by atoms with E-state index in [1.165, 1.54) is 32.2 Å². The first-order valence-corrected chi connectivity index (χ1v) is 9.72. The first-order chi connectivity index (χ1) is 12.2. The summed E-state index contributed by atoms with van der Waals surface area (Å²) in [5.41, 5.74) is 0.658. The zero-order chi connectivity index (χ0) is 17.6. The molecular formula is C19H31N5O. The highest BCUT2D eigenvalue weighted by Crippen LogP contribution is 2.25. The van der Waals surface area contributed by atoms with Crippen molar-refractivity contribution in [2.75, 3.05) is 26.2 Å². The van der Waals surface area contributed by atoms with Crippen molar-refractivity contribution in [3.8, 4) is 0 Å². The second-order valence-corrected chi connectivity index (χ2v) is 7.03. The lowest BCUT2D eigenvalue weighted by Gasteiger charge is -2.35. The molecule has 2 aromatic rings. The summed E-state index contributed by atoms with van der Waals surface area (Å²) in [5.74, 6) is 0.714. The van der Waals surface area contributed by atoms with E-state index in [2.05, 4.69) is 29.2 Å². The SMILES string of the molecule is CCN(CC)CC1CCCCC1NCCn1nc2ccccn2c1=O. The number of fused-ring (bicyclic) bond motifs is 1. The minimum absolute atomic E-state index is 0.0549. The van der Waals surface area contributed by atoms with E-state index in [-0.39, 0.29) is 5.69 Å². The van der Waals surface area contributed by atoms with Gasteiger partial charge in [-0.05, 0) is 44.0 Å². The molecule has 0 radical (unpaired) electrons. The molecule has 0 aromatic carbocycles. The number of hydrogen-bond donors (Lipinski definition) is 1. The van der Waals surface area contributed by atoms with Crippen molar-refractivity contribution in [3.63, 3.8) is 0 Å². The van der Waals surface area contributed by atoms with Crippen molar-refractivity contribution < 1.29 is 0 Å². The van der Waals surface area contributed by atoms with Gasteiger partial charge in [0.25, 0.3) is 0 Å². The molecule has 1 aliphatic carbocycles. The van der Waals surface area contributed by atoms with Crippen molar-refractivity contribution in [3.05, 3.63) is 34.9 Å². The van der Waals surface area contributed by atoms with E-state index in [1.807, 2.05) is 18.2 Å². The van der Waals surface area contributed by atoms with Crippen LogP contribution in [0.1, 0.15) is 39.5 Å². The Labute approximate surface area is 149 Å². The van der Waals surface area contributed by atoms with Gasteiger partial charge in [0, 0.05) is 25.3 Å². The summed E-state index contributed by atoms with van der Waals surface area (Å²) in [6, 6.07) is 6.19. The summed E-state index contributed by atoms with van der Waals surface area (Å²) in [4.78, 5) is 14.9. The van der Waals surface area contributed by atoms with Gasteiger partial charge < -0.3 is 10.2 Å². The smallest absolute Gasteiger partial charge is 0.312 e. The van der Waals surface area contributed by atoms with Crippen LogP contribution in [0.3, 0.4) is 0 Å². The standard InChI is InChI=1S/C19H31N5O/c1-3-22(4-2)15-16-9-5-6-10-17(16)20-12-14-24-19(25)23-13-8-7-11-18(23)21-24/h7-8,11,13,16-17,20H,3-6,9-10,12,14-15H2,1-2H3. The molecule has 2 heterocycles. The highest BCUT2D eigenvalue weighted by Gasteiger charge is 2.25.